The molecule has 0 saturated heterocycles. The number of benzene rings is 1. The van der Waals surface area contributed by atoms with Crippen LogP contribution >= 0.6 is 0 Å². The van der Waals surface area contributed by atoms with Crippen molar-refractivity contribution in [3.8, 4) is 28.6 Å². The molecule has 2 aromatic rings. The number of hydrogen-bond donors (Lipinski definition) is 1. The van der Waals surface area contributed by atoms with Gasteiger partial charge in [0, 0.05) is 24.9 Å². The van der Waals surface area contributed by atoms with Gasteiger partial charge in [-0.15, -0.1) is 0 Å². The first kappa shape index (κ1) is 12.5. The minimum atomic E-state index is 0.221. The third kappa shape index (κ3) is 2.09. The zero-order valence-corrected chi connectivity index (χ0v) is 11.6. The Morgan fingerprint density at radius 1 is 1.15 bits per heavy atom. The molecule has 6 heteroatoms. The van der Waals surface area contributed by atoms with E-state index in [4.69, 9.17) is 14.2 Å². The predicted octanol–water partition coefficient (Wildman–Crippen LogP) is 2.23. The molecule has 1 aliphatic heterocycles. The van der Waals surface area contributed by atoms with Crippen molar-refractivity contribution in [3.63, 3.8) is 0 Å². The third-order valence-corrected chi connectivity index (χ3v) is 3.05. The maximum atomic E-state index is 5.40. The van der Waals surface area contributed by atoms with Crippen molar-refractivity contribution in [3.05, 3.63) is 23.9 Å². The molecule has 0 spiro atoms. The second kappa shape index (κ2) is 4.88. The lowest BCUT2D eigenvalue weighted by molar-refractivity contribution is 0.174. The van der Waals surface area contributed by atoms with Gasteiger partial charge in [0.05, 0.1) is 12.7 Å². The standard InChI is InChI=1S/C14H15N3O3/c1-8-4-13(15-2)17-14(16-8)9-5-11-12(20-7-19-11)6-10(9)18-3/h4-6H,7H2,1-3H3,(H,15,16,17). The summed E-state index contributed by atoms with van der Waals surface area (Å²) in [5, 5.41) is 3.02. The van der Waals surface area contributed by atoms with Crippen LogP contribution in [0.3, 0.4) is 0 Å². The first-order chi connectivity index (χ1) is 9.71. The fourth-order valence-corrected chi connectivity index (χ4v) is 2.08. The van der Waals surface area contributed by atoms with Gasteiger partial charge in [-0.3, -0.25) is 0 Å². The van der Waals surface area contributed by atoms with E-state index in [0.717, 1.165) is 17.1 Å². The second-order valence-electron chi connectivity index (χ2n) is 4.37. The number of ether oxygens (including phenoxy) is 3. The van der Waals surface area contributed by atoms with Crippen molar-refractivity contribution >= 4 is 5.82 Å². The van der Waals surface area contributed by atoms with E-state index in [9.17, 15) is 0 Å². The number of aromatic nitrogens is 2. The highest BCUT2D eigenvalue weighted by atomic mass is 16.7. The van der Waals surface area contributed by atoms with Gasteiger partial charge in [0.2, 0.25) is 6.79 Å². The predicted molar refractivity (Wildman–Crippen MR) is 74.4 cm³/mol. The van der Waals surface area contributed by atoms with Gasteiger partial charge in [-0.1, -0.05) is 0 Å². The van der Waals surface area contributed by atoms with Gasteiger partial charge < -0.3 is 19.5 Å². The van der Waals surface area contributed by atoms with Crippen molar-refractivity contribution in [2.24, 2.45) is 0 Å². The molecule has 0 radical (unpaired) electrons. The number of rotatable bonds is 3. The molecule has 0 amide bonds. The van der Waals surface area contributed by atoms with Gasteiger partial charge in [-0.05, 0) is 13.0 Å². The summed E-state index contributed by atoms with van der Waals surface area (Å²) in [4.78, 5) is 8.92. The Morgan fingerprint density at radius 3 is 2.60 bits per heavy atom. The molecule has 0 fully saturated rings. The Morgan fingerprint density at radius 2 is 1.90 bits per heavy atom. The summed E-state index contributed by atoms with van der Waals surface area (Å²) in [7, 11) is 3.43. The summed E-state index contributed by atoms with van der Waals surface area (Å²) in [5.74, 6) is 3.35. The molecular formula is C14H15N3O3. The van der Waals surface area contributed by atoms with Crippen LogP contribution in [0.1, 0.15) is 5.69 Å². The minimum Gasteiger partial charge on any atom is -0.496 e. The van der Waals surface area contributed by atoms with Crippen molar-refractivity contribution in [2.45, 2.75) is 6.92 Å². The van der Waals surface area contributed by atoms with Crippen LogP contribution in [-0.2, 0) is 0 Å². The van der Waals surface area contributed by atoms with Gasteiger partial charge in [-0.25, -0.2) is 9.97 Å². The Kier molecular flexibility index (Phi) is 3.06. The van der Waals surface area contributed by atoms with Crippen LogP contribution in [0.5, 0.6) is 17.2 Å². The third-order valence-electron chi connectivity index (χ3n) is 3.05. The summed E-state index contributed by atoms with van der Waals surface area (Å²) in [6, 6.07) is 5.51. The van der Waals surface area contributed by atoms with Crippen molar-refractivity contribution in [2.75, 3.05) is 26.3 Å². The van der Waals surface area contributed by atoms with E-state index in [1.54, 1.807) is 13.2 Å². The van der Waals surface area contributed by atoms with Crippen molar-refractivity contribution in [1.29, 1.82) is 0 Å². The van der Waals surface area contributed by atoms with Gasteiger partial charge in [0.15, 0.2) is 17.3 Å². The molecule has 0 saturated carbocycles. The van der Waals surface area contributed by atoms with Crippen molar-refractivity contribution < 1.29 is 14.2 Å². The maximum Gasteiger partial charge on any atom is 0.231 e. The molecule has 6 nitrogen and oxygen atoms in total. The van der Waals surface area contributed by atoms with E-state index >= 15 is 0 Å². The largest absolute Gasteiger partial charge is 0.496 e. The Bertz CT molecular complexity index is 658. The normalized spacial score (nSPS) is 12.3. The number of hydrogen-bond acceptors (Lipinski definition) is 6. The minimum absolute atomic E-state index is 0.221. The first-order valence-corrected chi connectivity index (χ1v) is 6.22. The highest BCUT2D eigenvalue weighted by molar-refractivity contribution is 5.70. The summed E-state index contributed by atoms with van der Waals surface area (Å²) in [5.41, 5.74) is 1.65. The fourth-order valence-electron chi connectivity index (χ4n) is 2.08. The summed E-state index contributed by atoms with van der Waals surface area (Å²) in [6.45, 7) is 2.14. The van der Waals surface area contributed by atoms with E-state index < -0.39 is 0 Å². The van der Waals surface area contributed by atoms with E-state index in [-0.39, 0.29) is 6.79 Å². The molecule has 1 N–H and O–H groups in total. The SMILES string of the molecule is CNc1cc(C)nc(-c2cc3c(cc2OC)OCO3)n1. The number of nitrogens with zero attached hydrogens (tertiary/aromatic N) is 2. The zero-order valence-electron chi connectivity index (χ0n) is 11.6. The fraction of sp³-hybridized carbons (Fsp3) is 0.286. The Labute approximate surface area is 116 Å². The lowest BCUT2D eigenvalue weighted by Gasteiger charge is -2.10. The Balaban J connectivity index is 2.16. The smallest absolute Gasteiger partial charge is 0.231 e. The van der Waals surface area contributed by atoms with E-state index in [1.807, 2.05) is 26.1 Å². The summed E-state index contributed by atoms with van der Waals surface area (Å²) in [6.07, 6.45) is 0. The van der Waals surface area contributed by atoms with Crippen LogP contribution in [0.15, 0.2) is 18.2 Å². The van der Waals surface area contributed by atoms with Crippen LogP contribution in [0.25, 0.3) is 11.4 Å². The molecule has 104 valence electrons. The van der Waals surface area contributed by atoms with Crippen LogP contribution < -0.4 is 19.5 Å². The quantitative estimate of drug-likeness (QED) is 0.925. The lowest BCUT2D eigenvalue weighted by atomic mass is 10.1. The summed E-state index contributed by atoms with van der Waals surface area (Å²) < 4.78 is 16.1. The monoisotopic (exact) mass is 273 g/mol. The van der Waals surface area contributed by atoms with Crippen LogP contribution in [0.2, 0.25) is 0 Å². The highest BCUT2D eigenvalue weighted by Gasteiger charge is 2.20. The number of anilines is 1. The van der Waals surface area contributed by atoms with Crippen LogP contribution in [0, 0.1) is 6.92 Å². The van der Waals surface area contributed by atoms with Crippen molar-refractivity contribution in [1.82, 2.24) is 9.97 Å². The Hall–Kier alpha value is -2.50. The van der Waals surface area contributed by atoms with E-state index in [1.165, 1.54) is 0 Å². The van der Waals surface area contributed by atoms with Gasteiger partial charge in [0.1, 0.15) is 11.6 Å². The molecular weight excluding hydrogens is 258 g/mol. The van der Waals surface area contributed by atoms with Crippen LogP contribution in [-0.4, -0.2) is 30.9 Å². The van der Waals surface area contributed by atoms with Gasteiger partial charge in [0.25, 0.3) is 0 Å². The molecule has 0 unspecified atom stereocenters. The highest BCUT2D eigenvalue weighted by Crippen LogP contribution is 2.41. The number of methoxy groups -OCH3 is 1. The average molecular weight is 273 g/mol. The molecule has 0 aliphatic carbocycles. The molecule has 0 bridgehead atoms. The summed E-state index contributed by atoms with van der Waals surface area (Å²) >= 11 is 0. The van der Waals surface area contributed by atoms with Crippen LogP contribution in [0.4, 0.5) is 5.82 Å². The number of fused-ring (bicyclic) bond motifs is 1. The zero-order chi connectivity index (χ0) is 14.1. The second-order valence-corrected chi connectivity index (χ2v) is 4.37. The molecule has 0 atom stereocenters. The molecule has 3 rings (SSSR count). The topological polar surface area (TPSA) is 65.5 Å². The molecule has 1 aromatic carbocycles. The number of aryl methyl sites for hydroxylation is 1. The molecule has 20 heavy (non-hydrogen) atoms. The van der Waals surface area contributed by atoms with Gasteiger partial charge in [-0.2, -0.15) is 0 Å². The molecule has 1 aliphatic rings. The van der Waals surface area contributed by atoms with Gasteiger partial charge >= 0.3 is 0 Å². The molecule has 1 aromatic heterocycles. The first-order valence-electron chi connectivity index (χ1n) is 6.22. The lowest BCUT2D eigenvalue weighted by Crippen LogP contribution is -2.00. The maximum absolute atomic E-state index is 5.40. The average Bonchev–Trinajstić information content (AvgIpc) is 2.92. The van der Waals surface area contributed by atoms with E-state index in [2.05, 4.69) is 15.3 Å². The number of nitrogens with one attached hydrogen (secondary N) is 1. The molecule has 2 heterocycles. The van der Waals surface area contributed by atoms with E-state index in [0.29, 0.717) is 23.1 Å².